The van der Waals surface area contributed by atoms with Crippen molar-refractivity contribution < 1.29 is 0 Å². The maximum Gasteiger partial charge on any atom is 0.0357 e. The van der Waals surface area contributed by atoms with E-state index in [2.05, 4.69) is 53.4 Å². The first kappa shape index (κ1) is 12.1. The van der Waals surface area contributed by atoms with Gasteiger partial charge in [0.15, 0.2) is 0 Å². The molecule has 0 saturated heterocycles. The number of hydrogen-bond acceptors (Lipinski definition) is 1. The molecule has 0 heterocycles. The molecule has 1 aromatic rings. The number of benzene rings is 1. The van der Waals surface area contributed by atoms with Crippen molar-refractivity contribution in [3.05, 3.63) is 33.8 Å². The van der Waals surface area contributed by atoms with Crippen molar-refractivity contribution in [1.29, 1.82) is 0 Å². The Balaban J connectivity index is 2.25. The Morgan fingerprint density at radius 1 is 1.31 bits per heavy atom. The van der Waals surface area contributed by atoms with Crippen LogP contribution in [0, 0.1) is 12.8 Å². The Bertz CT molecular complexity index is 356. The average Bonchev–Trinajstić information content (AvgIpc) is 2.75. The van der Waals surface area contributed by atoms with Crippen molar-refractivity contribution in [3.8, 4) is 0 Å². The van der Waals surface area contributed by atoms with E-state index in [1.165, 1.54) is 41.3 Å². The summed E-state index contributed by atoms with van der Waals surface area (Å²) in [5.41, 5.74) is 2.73. The van der Waals surface area contributed by atoms with Crippen LogP contribution in [0.25, 0.3) is 0 Å². The van der Waals surface area contributed by atoms with Gasteiger partial charge >= 0.3 is 0 Å². The van der Waals surface area contributed by atoms with Gasteiger partial charge in [0, 0.05) is 10.5 Å². The molecule has 0 bridgehead atoms. The molecule has 2 rings (SSSR count). The van der Waals surface area contributed by atoms with Gasteiger partial charge in [-0.3, -0.25) is 0 Å². The quantitative estimate of drug-likeness (QED) is 0.875. The average molecular weight is 282 g/mol. The van der Waals surface area contributed by atoms with Crippen molar-refractivity contribution in [2.75, 3.05) is 7.05 Å². The van der Waals surface area contributed by atoms with Crippen molar-refractivity contribution >= 4 is 15.9 Å². The zero-order chi connectivity index (χ0) is 11.5. The lowest BCUT2D eigenvalue weighted by Gasteiger charge is -2.24. The van der Waals surface area contributed by atoms with Crippen LogP contribution in [-0.4, -0.2) is 7.05 Å². The first-order valence-electron chi connectivity index (χ1n) is 6.15. The molecule has 1 unspecified atom stereocenters. The minimum absolute atomic E-state index is 0.512. The van der Waals surface area contributed by atoms with E-state index >= 15 is 0 Å². The molecule has 1 atom stereocenters. The normalized spacial score (nSPS) is 18.9. The third-order valence-electron chi connectivity index (χ3n) is 3.67. The van der Waals surface area contributed by atoms with Crippen molar-refractivity contribution in [2.45, 2.75) is 38.6 Å². The van der Waals surface area contributed by atoms with Crippen LogP contribution >= 0.6 is 15.9 Å². The van der Waals surface area contributed by atoms with Crippen molar-refractivity contribution in [3.63, 3.8) is 0 Å². The van der Waals surface area contributed by atoms with Gasteiger partial charge < -0.3 is 5.32 Å². The molecule has 1 aliphatic carbocycles. The Morgan fingerprint density at radius 2 is 2.00 bits per heavy atom. The summed E-state index contributed by atoms with van der Waals surface area (Å²) >= 11 is 3.70. The molecular weight excluding hydrogens is 262 g/mol. The van der Waals surface area contributed by atoms with Crippen LogP contribution in [0.1, 0.15) is 42.9 Å². The predicted molar refractivity (Wildman–Crippen MR) is 72.6 cm³/mol. The van der Waals surface area contributed by atoms with Crippen LogP contribution < -0.4 is 5.32 Å². The van der Waals surface area contributed by atoms with Crippen LogP contribution in [0.4, 0.5) is 0 Å². The first-order chi connectivity index (χ1) is 7.72. The van der Waals surface area contributed by atoms with Gasteiger partial charge in [0.1, 0.15) is 0 Å². The summed E-state index contributed by atoms with van der Waals surface area (Å²) < 4.78 is 1.25. The Labute approximate surface area is 107 Å². The first-order valence-corrected chi connectivity index (χ1v) is 6.95. The van der Waals surface area contributed by atoms with Crippen LogP contribution in [0.3, 0.4) is 0 Å². The molecule has 0 aromatic heterocycles. The molecular formula is C14H20BrN. The van der Waals surface area contributed by atoms with Gasteiger partial charge in [-0.15, -0.1) is 0 Å². The minimum atomic E-state index is 0.512. The summed E-state index contributed by atoms with van der Waals surface area (Å²) in [6.07, 6.45) is 5.52. The summed E-state index contributed by atoms with van der Waals surface area (Å²) in [6.45, 7) is 2.14. The van der Waals surface area contributed by atoms with Gasteiger partial charge in [-0.2, -0.15) is 0 Å². The summed E-state index contributed by atoms with van der Waals surface area (Å²) in [5, 5.41) is 3.49. The van der Waals surface area contributed by atoms with E-state index in [-0.39, 0.29) is 0 Å². The van der Waals surface area contributed by atoms with Gasteiger partial charge in [0.2, 0.25) is 0 Å². The monoisotopic (exact) mass is 281 g/mol. The molecule has 2 heteroatoms. The van der Waals surface area contributed by atoms with Gasteiger partial charge in [0.05, 0.1) is 0 Å². The molecule has 1 saturated carbocycles. The maximum absolute atomic E-state index is 3.70. The summed E-state index contributed by atoms with van der Waals surface area (Å²) in [5.74, 6) is 0.809. The van der Waals surface area contributed by atoms with Crippen molar-refractivity contribution in [2.24, 2.45) is 5.92 Å². The van der Waals surface area contributed by atoms with E-state index in [0.29, 0.717) is 6.04 Å². The fourth-order valence-electron chi connectivity index (χ4n) is 2.82. The van der Waals surface area contributed by atoms with E-state index in [9.17, 15) is 0 Å². The van der Waals surface area contributed by atoms with E-state index in [0.717, 1.165) is 5.92 Å². The number of nitrogens with one attached hydrogen (secondary N) is 1. The topological polar surface area (TPSA) is 12.0 Å². The van der Waals surface area contributed by atoms with E-state index in [1.54, 1.807) is 0 Å². The van der Waals surface area contributed by atoms with E-state index in [4.69, 9.17) is 0 Å². The van der Waals surface area contributed by atoms with Crippen LogP contribution in [0.15, 0.2) is 22.7 Å². The van der Waals surface area contributed by atoms with Gasteiger partial charge in [-0.25, -0.2) is 0 Å². The molecule has 1 fully saturated rings. The fraction of sp³-hybridized carbons (Fsp3) is 0.571. The lowest BCUT2D eigenvalue weighted by molar-refractivity contribution is 0.389. The molecule has 1 aliphatic rings. The zero-order valence-corrected chi connectivity index (χ0v) is 11.7. The second kappa shape index (κ2) is 5.33. The largest absolute Gasteiger partial charge is 0.313 e. The summed E-state index contributed by atoms with van der Waals surface area (Å²) in [7, 11) is 2.08. The Hall–Kier alpha value is -0.340. The minimum Gasteiger partial charge on any atom is -0.313 e. The standard InChI is InChI=1S/C14H20BrN/c1-10-7-8-12(13(15)9-10)14(16-2)11-5-3-4-6-11/h7-9,11,14,16H,3-6H2,1-2H3. The lowest BCUT2D eigenvalue weighted by atomic mass is 9.91. The van der Waals surface area contributed by atoms with Crippen LogP contribution in [0.5, 0.6) is 0 Å². The molecule has 1 aromatic carbocycles. The van der Waals surface area contributed by atoms with Gasteiger partial charge in [-0.05, 0) is 49.9 Å². The molecule has 0 amide bonds. The number of hydrogen-bond donors (Lipinski definition) is 1. The number of aryl methyl sites for hydroxylation is 1. The van der Waals surface area contributed by atoms with Gasteiger partial charge in [0.25, 0.3) is 0 Å². The SMILES string of the molecule is CNC(c1ccc(C)cc1Br)C1CCCC1. The third kappa shape index (κ3) is 2.49. The highest BCUT2D eigenvalue weighted by Gasteiger charge is 2.26. The van der Waals surface area contributed by atoms with Crippen LogP contribution in [-0.2, 0) is 0 Å². The Kier molecular flexibility index (Phi) is 4.04. The van der Waals surface area contributed by atoms with Gasteiger partial charge in [-0.1, -0.05) is 40.9 Å². The third-order valence-corrected chi connectivity index (χ3v) is 4.36. The number of rotatable bonds is 3. The van der Waals surface area contributed by atoms with E-state index in [1.807, 2.05) is 0 Å². The second-order valence-electron chi connectivity index (χ2n) is 4.84. The Morgan fingerprint density at radius 3 is 2.56 bits per heavy atom. The summed E-state index contributed by atoms with van der Waals surface area (Å²) in [6, 6.07) is 7.20. The fourth-order valence-corrected chi connectivity index (χ4v) is 3.56. The zero-order valence-electron chi connectivity index (χ0n) is 10.1. The molecule has 1 nitrogen and oxygen atoms in total. The molecule has 88 valence electrons. The van der Waals surface area contributed by atoms with Crippen molar-refractivity contribution in [1.82, 2.24) is 5.32 Å². The molecule has 0 radical (unpaired) electrons. The highest BCUT2D eigenvalue weighted by atomic mass is 79.9. The lowest BCUT2D eigenvalue weighted by Crippen LogP contribution is -2.23. The maximum atomic E-state index is 3.70. The van der Waals surface area contributed by atoms with Crippen LogP contribution in [0.2, 0.25) is 0 Å². The smallest absolute Gasteiger partial charge is 0.0357 e. The molecule has 0 spiro atoms. The predicted octanol–water partition coefficient (Wildman–Crippen LogP) is 4.21. The summed E-state index contributed by atoms with van der Waals surface area (Å²) in [4.78, 5) is 0. The highest BCUT2D eigenvalue weighted by Crippen LogP contribution is 2.38. The second-order valence-corrected chi connectivity index (χ2v) is 5.69. The molecule has 0 aliphatic heterocycles. The number of halogens is 1. The molecule has 16 heavy (non-hydrogen) atoms. The van der Waals surface area contributed by atoms with E-state index < -0.39 is 0 Å². The molecule has 1 N–H and O–H groups in total. The highest BCUT2D eigenvalue weighted by molar-refractivity contribution is 9.10.